The Morgan fingerprint density at radius 1 is 1.11 bits per heavy atom. The molecule has 19 heavy (non-hydrogen) atoms. The van der Waals surface area contributed by atoms with E-state index < -0.39 is 40.6 Å². The van der Waals surface area contributed by atoms with Gasteiger partial charge in [0.15, 0.2) is 0 Å². The van der Waals surface area contributed by atoms with Crippen LogP contribution in [0.2, 0.25) is 0 Å². The number of carbonyl (C=O) groups is 1. The van der Waals surface area contributed by atoms with Crippen LogP contribution in [-0.2, 0) is 12.4 Å². The van der Waals surface area contributed by atoms with Gasteiger partial charge in [-0.05, 0) is 12.1 Å². The molecule has 0 aromatic heterocycles. The van der Waals surface area contributed by atoms with E-state index in [0.29, 0.717) is 0 Å². The monoisotopic (exact) mass is 283 g/mol. The van der Waals surface area contributed by atoms with Crippen LogP contribution in [0.5, 0.6) is 0 Å². The van der Waals surface area contributed by atoms with Gasteiger partial charge in [0.25, 0.3) is 0 Å². The molecule has 0 aliphatic rings. The lowest BCUT2D eigenvalue weighted by Crippen LogP contribution is -2.21. The van der Waals surface area contributed by atoms with Crippen molar-refractivity contribution in [3.8, 4) is 6.07 Å². The van der Waals surface area contributed by atoms with E-state index >= 15 is 0 Å². The fourth-order valence-corrected chi connectivity index (χ4v) is 1.40. The lowest BCUT2D eigenvalue weighted by atomic mass is 9.97. The summed E-state index contributed by atoms with van der Waals surface area (Å²) in [6, 6.07) is 1.40. The zero-order valence-electron chi connectivity index (χ0n) is 8.73. The predicted molar refractivity (Wildman–Crippen MR) is 48.1 cm³/mol. The predicted octanol–water partition coefficient (Wildman–Crippen LogP) is 3.29. The number of halogens is 6. The molecule has 0 aliphatic heterocycles. The smallest absolute Gasteiger partial charge is 0.417 e. The summed E-state index contributed by atoms with van der Waals surface area (Å²) in [5.74, 6) is -2.20. The maximum absolute atomic E-state index is 12.6. The lowest BCUT2D eigenvalue weighted by molar-refractivity contribution is -0.162. The third kappa shape index (κ3) is 2.96. The topological polar surface area (TPSA) is 61.1 Å². The number of aromatic carboxylic acids is 1. The number of hydrogen-bond acceptors (Lipinski definition) is 2. The van der Waals surface area contributed by atoms with E-state index in [9.17, 15) is 31.1 Å². The molecule has 3 nitrogen and oxygen atoms in total. The first-order chi connectivity index (χ1) is 8.48. The summed E-state index contributed by atoms with van der Waals surface area (Å²) >= 11 is 0. The molecular weight excluding hydrogens is 280 g/mol. The van der Waals surface area contributed by atoms with Gasteiger partial charge in [-0.1, -0.05) is 0 Å². The first-order valence-corrected chi connectivity index (χ1v) is 4.44. The van der Waals surface area contributed by atoms with Crippen molar-refractivity contribution in [2.45, 2.75) is 12.4 Å². The SMILES string of the molecule is N#Cc1cc(C(=O)O)c(C(F)(F)F)c(C(F)(F)F)c1. The number of carboxylic acids is 1. The van der Waals surface area contributed by atoms with Gasteiger partial charge < -0.3 is 5.11 Å². The molecule has 0 heterocycles. The van der Waals surface area contributed by atoms with Crippen LogP contribution in [0.1, 0.15) is 27.0 Å². The zero-order valence-corrected chi connectivity index (χ0v) is 8.73. The molecule has 0 bridgehead atoms. The van der Waals surface area contributed by atoms with Gasteiger partial charge in [0.2, 0.25) is 0 Å². The van der Waals surface area contributed by atoms with Crippen LogP contribution in [0, 0.1) is 11.3 Å². The molecule has 0 amide bonds. The average Bonchev–Trinajstić information content (AvgIpc) is 2.24. The summed E-state index contributed by atoms with van der Waals surface area (Å²) in [6.45, 7) is 0. The normalized spacial score (nSPS) is 12.1. The molecule has 0 saturated heterocycles. The first kappa shape index (κ1) is 14.8. The summed E-state index contributed by atoms with van der Waals surface area (Å²) in [7, 11) is 0. The molecule has 0 unspecified atom stereocenters. The Kier molecular flexibility index (Phi) is 3.48. The van der Waals surface area contributed by atoms with Gasteiger partial charge in [0.05, 0.1) is 28.3 Å². The van der Waals surface area contributed by atoms with Gasteiger partial charge in [-0.3, -0.25) is 0 Å². The van der Waals surface area contributed by atoms with Gasteiger partial charge in [0.1, 0.15) is 0 Å². The van der Waals surface area contributed by atoms with Gasteiger partial charge >= 0.3 is 18.3 Å². The Bertz CT molecular complexity index is 567. The summed E-state index contributed by atoms with van der Waals surface area (Å²) in [6.07, 6.45) is -10.9. The lowest BCUT2D eigenvalue weighted by Gasteiger charge is -2.17. The van der Waals surface area contributed by atoms with E-state index in [4.69, 9.17) is 10.4 Å². The van der Waals surface area contributed by atoms with Gasteiger partial charge in [0, 0.05) is 0 Å². The van der Waals surface area contributed by atoms with Crippen LogP contribution < -0.4 is 0 Å². The number of benzene rings is 1. The number of nitriles is 1. The largest absolute Gasteiger partial charge is 0.478 e. The van der Waals surface area contributed by atoms with Crippen LogP contribution in [0.4, 0.5) is 26.3 Å². The summed E-state index contributed by atoms with van der Waals surface area (Å²) in [4.78, 5) is 10.6. The highest BCUT2D eigenvalue weighted by molar-refractivity contribution is 5.90. The van der Waals surface area contributed by atoms with Gasteiger partial charge in [-0.15, -0.1) is 0 Å². The van der Waals surface area contributed by atoms with E-state index in [1.807, 2.05) is 0 Å². The molecule has 1 N–H and O–H groups in total. The Morgan fingerprint density at radius 2 is 1.63 bits per heavy atom. The molecule has 0 fully saturated rings. The average molecular weight is 283 g/mol. The molecular formula is C10H3F6NO2. The van der Waals surface area contributed by atoms with Crippen molar-refractivity contribution < 1.29 is 36.2 Å². The summed E-state index contributed by atoms with van der Waals surface area (Å²) < 4.78 is 75.4. The minimum absolute atomic E-state index is 0.0325. The fraction of sp³-hybridized carbons (Fsp3) is 0.200. The van der Waals surface area contributed by atoms with Crippen LogP contribution >= 0.6 is 0 Å². The van der Waals surface area contributed by atoms with Gasteiger partial charge in [-0.25, -0.2) is 4.79 Å². The minimum atomic E-state index is -5.51. The maximum atomic E-state index is 12.6. The van der Waals surface area contributed by atoms with Crippen LogP contribution in [-0.4, -0.2) is 11.1 Å². The Labute approximate surface area is 101 Å². The van der Waals surface area contributed by atoms with Crippen LogP contribution in [0.15, 0.2) is 12.1 Å². The van der Waals surface area contributed by atoms with Crippen LogP contribution in [0.3, 0.4) is 0 Å². The van der Waals surface area contributed by atoms with E-state index in [-0.39, 0.29) is 12.1 Å². The van der Waals surface area contributed by atoms with E-state index in [2.05, 4.69) is 0 Å². The Morgan fingerprint density at radius 3 is 1.95 bits per heavy atom. The third-order valence-electron chi connectivity index (χ3n) is 2.09. The van der Waals surface area contributed by atoms with Crippen molar-refractivity contribution in [2.24, 2.45) is 0 Å². The van der Waals surface area contributed by atoms with Crippen LogP contribution in [0.25, 0.3) is 0 Å². The zero-order chi connectivity index (χ0) is 15.0. The standard InChI is InChI=1S/C10H3F6NO2/c11-9(12,13)6-2-4(3-17)1-5(8(18)19)7(6)10(14,15)16/h1-2H,(H,18,19). The van der Waals surface area contributed by atoms with Crippen molar-refractivity contribution in [3.05, 3.63) is 34.4 Å². The molecule has 0 aliphatic carbocycles. The van der Waals surface area contributed by atoms with Crippen molar-refractivity contribution >= 4 is 5.97 Å². The number of carboxylic acid groups (broad SMARTS) is 1. The molecule has 102 valence electrons. The number of rotatable bonds is 1. The molecule has 0 radical (unpaired) electrons. The molecule has 9 heteroatoms. The molecule has 0 spiro atoms. The molecule has 1 aromatic carbocycles. The quantitative estimate of drug-likeness (QED) is 0.804. The Balaban J connectivity index is 3.84. The number of hydrogen-bond donors (Lipinski definition) is 1. The number of alkyl halides is 6. The highest BCUT2D eigenvalue weighted by Crippen LogP contribution is 2.42. The number of nitrogens with zero attached hydrogens (tertiary/aromatic N) is 1. The van der Waals surface area contributed by atoms with Gasteiger partial charge in [-0.2, -0.15) is 31.6 Å². The van der Waals surface area contributed by atoms with Crippen molar-refractivity contribution in [3.63, 3.8) is 0 Å². The highest BCUT2D eigenvalue weighted by Gasteiger charge is 2.46. The van der Waals surface area contributed by atoms with E-state index in [0.717, 1.165) is 0 Å². The molecule has 1 aromatic rings. The molecule has 0 saturated carbocycles. The first-order valence-electron chi connectivity index (χ1n) is 4.44. The second-order valence-corrected chi connectivity index (χ2v) is 3.36. The third-order valence-corrected chi connectivity index (χ3v) is 2.09. The van der Waals surface area contributed by atoms with E-state index in [1.165, 1.54) is 6.07 Å². The second-order valence-electron chi connectivity index (χ2n) is 3.36. The van der Waals surface area contributed by atoms with Crippen molar-refractivity contribution in [1.29, 1.82) is 5.26 Å². The van der Waals surface area contributed by atoms with E-state index in [1.54, 1.807) is 0 Å². The second kappa shape index (κ2) is 4.46. The minimum Gasteiger partial charge on any atom is -0.478 e. The summed E-state index contributed by atoms with van der Waals surface area (Å²) in [5, 5.41) is 17.0. The molecule has 0 atom stereocenters. The van der Waals surface area contributed by atoms with Crippen molar-refractivity contribution in [2.75, 3.05) is 0 Å². The maximum Gasteiger partial charge on any atom is 0.417 e. The Hall–Kier alpha value is -2.24. The van der Waals surface area contributed by atoms with Crippen molar-refractivity contribution in [1.82, 2.24) is 0 Å². The molecule has 1 rings (SSSR count). The summed E-state index contributed by atoms with van der Waals surface area (Å²) in [5.41, 5.74) is -6.94. The highest BCUT2D eigenvalue weighted by atomic mass is 19.4. The fourth-order valence-electron chi connectivity index (χ4n) is 1.40.